The summed E-state index contributed by atoms with van der Waals surface area (Å²) >= 11 is 0. The molecule has 0 radical (unpaired) electrons. The van der Waals surface area contributed by atoms with E-state index in [4.69, 9.17) is 5.26 Å². The maximum atomic E-state index is 8.93. The van der Waals surface area contributed by atoms with Gasteiger partial charge >= 0.3 is 0 Å². The van der Waals surface area contributed by atoms with Crippen molar-refractivity contribution in [2.45, 2.75) is 12.8 Å². The molecule has 0 heterocycles. The SMILES string of the molecule is CC(c1ccccc1)c1ccc(-c2ccc(-c3ccc(C#N)cc3)cc2)cc1. The van der Waals surface area contributed by atoms with Gasteiger partial charge in [-0.2, -0.15) is 5.26 Å². The van der Waals surface area contributed by atoms with Gasteiger partial charge in [0.05, 0.1) is 11.6 Å². The third kappa shape index (κ3) is 3.72. The molecule has 0 spiro atoms. The van der Waals surface area contributed by atoms with Crippen LogP contribution < -0.4 is 0 Å². The molecule has 1 heteroatoms. The van der Waals surface area contributed by atoms with Gasteiger partial charge in [0.25, 0.3) is 0 Å². The summed E-state index contributed by atoms with van der Waals surface area (Å²) in [5.41, 5.74) is 8.04. The summed E-state index contributed by atoms with van der Waals surface area (Å²) in [6.07, 6.45) is 0. The third-order valence-electron chi connectivity index (χ3n) is 5.28. The zero-order valence-electron chi connectivity index (χ0n) is 15.8. The molecule has 0 amide bonds. The van der Waals surface area contributed by atoms with Crippen LogP contribution in [0.3, 0.4) is 0 Å². The number of nitriles is 1. The Morgan fingerprint density at radius 1 is 0.536 bits per heavy atom. The summed E-state index contributed by atoms with van der Waals surface area (Å²) in [7, 11) is 0. The van der Waals surface area contributed by atoms with Crippen LogP contribution in [0, 0.1) is 11.3 Å². The smallest absolute Gasteiger partial charge is 0.0991 e. The van der Waals surface area contributed by atoms with E-state index >= 15 is 0 Å². The van der Waals surface area contributed by atoms with Crippen LogP contribution in [0.15, 0.2) is 103 Å². The second-order valence-corrected chi connectivity index (χ2v) is 7.02. The Bertz CT molecular complexity index is 1080. The molecule has 0 saturated heterocycles. The highest BCUT2D eigenvalue weighted by Crippen LogP contribution is 2.28. The lowest BCUT2D eigenvalue weighted by Crippen LogP contribution is -1.95. The third-order valence-corrected chi connectivity index (χ3v) is 5.28. The van der Waals surface area contributed by atoms with Crippen molar-refractivity contribution in [3.8, 4) is 28.3 Å². The van der Waals surface area contributed by atoms with Crippen LogP contribution in [0.5, 0.6) is 0 Å². The highest BCUT2D eigenvalue weighted by molar-refractivity contribution is 5.71. The fraction of sp³-hybridized carbons (Fsp3) is 0.0741. The van der Waals surface area contributed by atoms with Gasteiger partial charge in [0.2, 0.25) is 0 Å². The largest absolute Gasteiger partial charge is 0.192 e. The van der Waals surface area contributed by atoms with Crippen molar-refractivity contribution >= 4 is 0 Å². The van der Waals surface area contributed by atoms with Crippen molar-refractivity contribution in [2.24, 2.45) is 0 Å². The van der Waals surface area contributed by atoms with E-state index in [0.717, 1.165) is 11.1 Å². The van der Waals surface area contributed by atoms with Gasteiger partial charge < -0.3 is 0 Å². The standard InChI is InChI=1S/C27H21N/c1-20(22-5-3-2-4-6-22)23-11-13-25(14-12-23)27-17-15-26(16-18-27)24-9-7-21(19-28)8-10-24/h2-18,20H,1H3. The van der Waals surface area contributed by atoms with E-state index in [1.54, 1.807) is 0 Å². The van der Waals surface area contributed by atoms with Gasteiger partial charge in [0, 0.05) is 5.92 Å². The minimum atomic E-state index is 0.383. The van der Waals surface area contributed by atoms with Crippen molar-refractivity contribution in [2.75, 3.05) is 0 Å². The summed E-state index contributed by atoms with van der Waals surface area (Å²) in [5, 5.41) is 8.93. The zero-order chi connectivity index (χ0) is 19.3. The van der Waals surface area contributed by atoms with E-state index in [-0.39, 0.29) is 0 Å². The van der Waals surface area contributed by atoms with Gasteiger partial charge in [-0.3, -0.25) is 0 Å². The van der Waals surface area contributed by atoms with Crippen LogP contribution in [-0.4, -0.2) is 0 Å². The van der Waals surface area contributed by atoms with Crippen molar-refractivity contribution in [1.82, 2.24) is 0 Å². The molecule has 4 aromatic rings. The first-order valence-electron chi connectivity index (χ1n) is 9.50. The number of benzene rings is 4. The average molecular weight is 359 g/mol. The summed E-state index contributed by atoms with van der Waals surface area (Å²) in [6.45, 7) is 2.25. The lowest BCUT2D eigenvalue weighted by atomic mass is 9.91. The van der Waals surface area contributed by atoms with Crippen LogP contribution >= 0.6 is 0 Å². The molecule has 0 bridgehead atoms. The molecule has 134 valence electrons. The Balaban J connectivity index is 1.53. The van der Waals surface area contributed by atoms with Crippen molar-refractivity contribution in [3.63, 3.8) is 0 Å². The maximum Gasteiger partial charge on any atom is 0.0991 e. The first-order chi connectivity index (χ1) is 13.7. The van der Waals surface area contributed by atoms with Crippen LogP contribution in [0.25, 0.3) is 22.3 Å². The Morgan fingerprint density at radius 3 is 1.39 bits per heavy atom. The molecule has 1 nitrogen and oxygen atoms in total. The van der Waals surface area contributed by atoms with E-state index < -0.39 is 0 Å². The molecule has 1 unspecified atom stereocenters. The lowest BCUT2D eigenvalue weighted by molar-refractivity contribution is 0.923. The molecule has 28 heavy (non-hydrogen) atoms. The predicted octanol–water partition coefficient (Wildman–Crippen LogP) is 7.04. The van der Waals surface area contributed by atoms with Crippen LogP contribution in [0.4, 0.5) is 0 Å². The lowest BCUT2D eigenvalue weighted by Gasteiger charge is -2.13. The molecule has 1 atom stereocenters. The Labute approximate surface area is 166 Å². The minimum absolute atomic E-state index is 0.383. The van der Waals surface area contributed by atoms with Gasteiger partial charge in [-0.15, -0.1) is 0 Å². The Morgan fingerprint density at radius 2 is 0.929 bits per heavy atom. The minimum Gasteiger partial charge on any atom is -0.192 e. The zero-order valence-corrected chi connectivity index (χ0v) is 15.8. The van der Waals surface area contributed by atoms with Crippen LogP contribution in [0.1, 0.15) is 29.5 Å². The van der Waals surface area contributed by atoms with Gasteiger partial charge in [-0.05, 0) is 45.5 Å². The molecular formula is C27H21N. The molecule has 0 aromatic heterocycles. The Hall–Kier alpha value is -3.63. The molecule has 0 aliphatic rings. The second kappa shape index (κ2) is 7.94. The molecule has 4 rings (SSSR count). The quantitative estimate of drug-likeness (QED) is 0.383. The van der Waals surface area contributed by atoms with E-state index in [9.17, 15) is 0 Å². The molecule has 0 fully saturated rings. The fourth-order valence-corrected chi connectivity index (χ4v) is 3.49. The first kappa shape index (κ1) is 17.8. The molecule has 0 N–H and O–H groups in total. The highest BCUT2D eigenvalue weighted by Gasteiger charge is 2.08. The molecule has 0 saturated carbocycles. The first-order valence-corrected chi connectivity index (χ1v) is 9.50. The molecule has 0 aliphatic heterocycles. The summed E-state index contributed by atoms with van der Waals surface area (Å²) < 4.78 is 0. The normalized spacial score (nSPS) is 11.6. The van der Waals surface area contributed by atoms with E-state index in [1.165, 1.54) is 22.3 Å². The highest BCUT2D eigenvalue weighted by atomic mass is 14.2. The number of hydrogen-bond donors (Lipinski definition) is 0. The monoisotopic (exact) mass is 359 g/mol. The maximum absolute atomic E-state index is 8.93. The summed E-state index contributed by atoms with van der Waals surface area (Å²) in [5.74, 6) is 0.383. The summed E-state index contributed by atoms with van der Waals surface area (Å²) in [6, 6.07) is 37.9. The Kier molecular flexibility index (Phi) is 5.04. The van der Waals surface area contributed by atoms with Gasteiger partial charge in [0.15, 0.2) is 0 Å². The predicted molar refractivity (Wildman–Crippen MR) is 116 cm³/mol. The van der Waals surface area contributed by atoms with E-state index in [0.29, 0.717) is 11.5 Å². The molecular weight excluding hydrogens is 338 g/mol. The number of rotatable bonds is 4. The average Bonchev–Trinajstić information content (AvgIpc) is 2.79. The van der Waals surface area contributed by atoms with E-state index in [1.807, 2.05) is 24.3 Å². The van der Waals surface area contributed by atoms with Crippen molar-refractivity contribution in [3.05, 3.63) is 120 Å². The fourth-order valence-electron chi connectivity index (χ4n) is 3.49. The second-order valence-electron chi connectivity index (χ2n) is 7.02. The molecule has 0 aliphatic carbocycles. The van der Waals surface area contributed by atoms with Crippen molar-refractivity contribution < 1.29 is 0 Å². The number of nitrogens with zero attached hydrogens (tertiary/aromatic N) is 1. The molecule has 4 aromatic carbocycles. The van der Waals surface area contributed by atoms with Gasteiger partial charge in [0.1, 0.15) is 0 Å². The van der Waals surface area contributed by atoms with Gasteiger partial charge in [-0.1, -0.05) is 97.9 Å². The van der Waals surface area contributed by atoms with Crippen LogP contribution in [-0.2, 0) is 0 Å². The van der Waals surface area contributed by atoms with Crippen LogP contribution in [0.2, 0.25) is 0 Å². The topological polar surface area (TPSA) is 23.8 Å². The van der Waals surface area contributed by atoms with Crippen molar-refractivity contribution in [1.29, 1.82) is 5.26 Å². The van der Waals surface area contributed by atoms with E-state index in [2.05, 4.69) is 91.9 Å². The number of hydrogen-bond acceptors (Lipinski definition) is 1. The summed E-state index contributed by atoms with van der Waals surface area (Å²) in [4.78, 5) is 0. The van der Waals surface area contributed by atoms with Gasteiger partial charge in [-0.25, -0.2) is 0 Å².